The van der Waals surface area contributed by atoms with E-state index in [2.05, 4.69) is 4.90 Å². The second kappa shape index (κ2) is 11.2. The first-order valence-corrected chi connectivity index (χ1v) is 10.8. The highest BCUT2D eigenvalue weighted by Gasteiger charge is 2.24. The molecule has 1 amide bonds. The van der Waals surface area contributed by atoms with Gasteiger partial charge in [0.25, 0.3) is 5.91 Å². The van der Waals surface area contributed by atoms with Crippen molar-refractivity contribution in [3.05, 3.63) is 58.6 Å². The molecular formula is C24H24ClN3O5. The number of amides is 1. The summed E-state index contributed by atoms with van der Waals surface area (Å²) in [5.41, 5.74) is 1.55. The average Bonchev–Trinajstić information content (AvgIpc) is 2.82. The highest BCUT2D eigenvalue weighted by Crippen LogP contribution is 2.37. The predicted octanol–water partition coefficient (Wildman–Crippen LogP) is 3.46. The molecule has 9 heteroatoms. The van der Waals surface area contributed by atoms with Gasteiger partial charge in [-0.1, -0.05) is 29.8 Å². The number of hydrogen-bond acceptors (Lipinski definition) is 6. The first-order valence-electron chi connectivity index (χ1n) is 10.4. The first kappa shape index (κ1) is 24.0. The van der Waals surface area contributed by atoms with Crippen molar-refractivity contribution >= 4 is 35.2 Å². The predicted molar refractivity (Wildman–Crippen MR) is 125 cm³/mol. The lowest BCUT2D eigenvalue weighted by Crippen LogP contribution is -2.49. The number of aliphatic carboxylic acids is 1. The lowest BCUT2D eigenvalue weighted by molar-refractivity contribution is -0.139. The van der Waals surface area contributed by atoms with Gasteiger partial charge in [0.15, 0.2) is 18.1 Å². The topological polar surface area (TPSA) is 103 Å². The van der Waals surface area contributed by atoms with Crippen molar-refractivity contribution in [3.8, 4) is 17.6 Å². The van der Waals surface area contributed by atoms with Crippen LogP contribution in [0.1, 0.15) is 12.5 Å². The van der Waals surface area contributed by atoms with E-state index in [1.807, 2.05) is 36.4 Å². The monoisotopic (exact) mass is 469 g/mol. The molecule has 1 N–H and O–H groups in total. The molecule has 8 nitrogen and oxygen atoms in total. The van der Waals surface area contributed by atoms with E-state index in [1.54, 1.807) is 17.9 Å². The summed E-state index contributed by atoms with van der Waals surface area (Å²) in [6.45, 7) is 3.82. The standard InChI is InChI=1S/C24H24ClN3O5/c1-2-32-21-14-17(13-20(25)23(21)33-16-22(29)30)12-18(15-26)24(31)28-10-8-27(9-11-28)19-6-4-3-5-7-19/h3-7,12-14H,2,8-11,16H2,1H3,(H,29,30)/b18-12-. The van der Waals surface area contributed by atoms with Gasteiger partial charge in [-0.05, 0) is 42.8 Å². The van der Waals surface area contributed by atoms with Crippen molar-refractivity contribution in [3.63, 3.8) is 0 Å². The van der Waals surface area contributed by atoms with Gasteiger partial charge in [-0.25, -0.2) is 4.79 Å². The fraction of sp³-hybridized carbons (Fsp3) is 0.292. The summed E-state index contributed by atoms with van der Waals surface area (Å²) in [7, 11) is 0. The quantitative estimate of drug-likeness (QED) is 0.466. The Morgan fingerprint density at radius 1 is 1.15 bits per heavy atom. The smallest absolute Gasteiger partial charge is 0.341 e. The molecule has 1 aliphatic rings. The van der Waals surface area contributed by atoms with E-state index in [-0.39, 0.29) is 28.0 Å². The zero-order valence-corrected chi connectivity index (χ0v) is 18.9. The maximum absolute atomic E-state index is 13.0. The molecule has 2 aromatic rings. The van der Waals surface area contributed by atoms with Gasteiger partial charge in [-0.3, -0.25) is 4.79 Å². The van der Waals surface area contributed by atoms with Gasteiger partial charge in [0.1, 0.15) is 11.6 Å². The van der Waals surface area contributed by atoms with Crippen molar-refractivity contribution in [2.75, 3.05) is 44.3 Å². The number of para-hydroxylation sites is 1. The van der Waals surface area contributed by atoms with Crippen LogP contribution in [0.25, 0.3) is 6.08 Å². The Morgan fingerprint density at radius 2 is 1.85 bits per heavy atom. The fourth-order valence-corrected chi connectivity index (χ4v) is 3.77. The molecule has 0 spiro atoms. The summed E-state index contributed by atoms with van der Waals surface area (Å²) in [5, 5.41) is 18.6. The number of nitriles is 1. The van der Waals surface area contributed by atoms with Crippen LogP contribution in [0, 0.1) is 11.3 Å². The lowest BCUT2D eigenvalue weighted by atomic mass is 10.1. The second-order valence-electron chi connectivity index (χ2n) is 7.23. The second-order valence-corrected chi connectivity index (χ2v) is 7.64. The number of ether oxygens (including phenoxy) is 2. The molecule has 2 aromatic carbocycles. The molecule has 172 valence electrons. The van der Waals surface area contributed by atoms with Gasteiger partial charge in [-0.2, -0.15) is 5.26 Å². The lowest BCUT2D eigenvalue weighted by Gasteiger charge is -2.36. The average molecular weight is 470 g/mol. The number of carbonyl (C=O) groups excluding carboxylic acids is 1. The summed E-state index contributed by atoms with van der Waals surface area (Å²) in [5.74, 6) is -1.17. The summed E-state index contributed by atoms with van der Waals surface area (Å²) in [6, 6.07) is 15.0. The third-order valence-corrected chi connectivity index (χ3v) is 5.30. The molecule has 0 unspecified atom stereocenters. The highest BCUT2D eigenvalue weighted by molar-refractivity contribution is 6.32. The molecule has 0 atom stereocenters. The molecule has 0 radical (unpaired) electrons. The van der Waals surface area contributed by atoms with Crippen LogP contribution in [0.2, 0.25) is 5.02 Å². The number of rotatable bonds is 8. The Kier molecular flexibility index (Phi) is 8.17. The first-order chi connectivity index (χ1) is 15.9. The van der Waals surface area contributed by atoms with Crippen molar-refractivity contribution in [2.45, 2.75) is 6.92 Å². The largest absolute Gasteiger partial charge is 0.490 e. The van der Waals surface area contributed by atoms with Crippen molar-refractivity contribution < 1.29 is 24.2 Å². The number of carbonyl (C=O) groups is 2. The van der Waals surface area contributed by atoms with Crippen LogP contribution in [-0.2, 0) is 9.59 Å². The number of anilines is 1. The zero-order chi connectivity index (χ0) is 23.8. The Bertz CT molecular complexity index is 1070. The molecule has 0 aliphatic carbocycles. The molecular weight excluding hydrogens is 446 g/mol. The number of piperazine rings is 1. The Labute approximate surface area is 197 Å². The summed E-state index contributed by atoms with van der Waals surface area (Å²) in [6.07, 6.45) is 1.45. The van der Waals surface area contributed by atoms with Crippen LogP contribution in [0.15, 0.2) is 48.0 Å². The van der Waals surface area contributed by atoms with Gasteiger partial charge in [0.2, 0.25) is 0 Å². The van der Waals surface area contributed by atoms with E-state index < -0.39 is 12.6 Å². The van der Waals surface area contributed by atoms with E-state index in [9.17, 15) is 14.9 Å². The number of nitrogens with zero attached hydrogens (tertiary/aromatic N) is 3. The minimum absolute atomic E-state index is 0.0270. The van der Waals surface area contributed by atoms with Crippen molar-refractivity contribution in [1.82, 2.24) is 4.90 Å². The van der Waals surface area contributed by atoms with Crippen LogP contribution < -0.4 is 14.4 Å². The van der Waals surface area contributed by atoms with Crippen LogP contribution >= 0.6 is 11.6 Å². The normalized spacial score (nSPS) is 13.9. The van der Waals surface area contributed by atoms with Crippen LogP contribution in [-0.4, -0.2) is 61.3 Å². The van der Waals surface area contributed by atoms with Crippen LogP contribution in [0.5, 0.6) is 11.5 Å². The van der Waals surface area contributed by atoms with Crippen LogP contribution in [0.4, 0.5) is 5.69 Å². The summed E-state index contributed by atoms with van der Waals surface area (Å²) < 4.78 is 10.8. The number of halogens is 1. The third-order valence-electron chi connectivity index (χ3n) is 5.02. The molecule has 3 rings (SSSR count). The van der Waals surface area contributed by atoms with Gasteiger partial charge in [-0.15, -0.1) is 0 Å². The zero-order valence-electron chi connectivity index (χ0n) is 18.2. The molecule has 0 saturated carbocycles. The van der Waals surface area contributed by atoms with E-state index in [4.69, 9.17) is 26.2 Å². The molecule has 0 bridgehead atoms. The molecule has 1 aliphatic heterocycles. The van der Waals surface area contributed by atoms with E-state index in [0.29, 0.717) is 38.3 Å². The third kappa shape index (κ3) is 6.18. The summed E-state index contributed by atoms with van der Waals surface area (Å²) >= 11 is 6.27. The number of carboxylic acid groups (broad SMARTS) is 1. The number of benzene rings is 2. The minimum atomic E-state index is -1.15. The van der Waals surface area contributed by atoms with Crippen LogP contribution in [0.3, 0.4) is 0 Å². The Balaban J connectivity index is 1.76. The highest BCUT2D eigenvalue weighted by atomic mass is 35.5. The SMILES string of the molecule is CCOc1cc(/C=C(/C#N)C(=O)N2CCN(c3ccccc3)CC2)cc(Cl)c1OCC(=O)O. The Morgan fingerprint density at radius 3 is 2.45 bits per heavy atom. The van der Waals surface area contributed by atoms with Gasteiger partial charge >= 0.3 is 5.97 Å². The molecule has 1 heterocycles. The maximum atomic E-state index is 13.0. The summed E-state index contributed by atoms with van der Waals surface area (Å²) in [4.78, 5) is 27.7. The molecule has 1 saturated heterocycles. The molecule has 33 heavy (non-hydrogen) atoms. The van der Waals surface area contributed by atoms with Gasteiger partial charge < -0.3 is 24.4 Å². The van der Waals surface area contributed by atoms with Crippen molar-refractivity contribution in [2.24, 2.45) is 0 Å². The van der Waals surface area contributed by atoms with E-state index in [1.165, 1.54) is 12.1 Å². The maximum Gasteiger partial charge on any atom is 0.341 e. The van der Waals surface area contributed by atoms with E-state index in [0.717, 1.165) is 5.69 Å². The van der Waals surface area contributed by atoms with Crippen molar-refractivity contribution in [1.29, 1.82) is 5.26 Å². The fourth-order valence-electron chi connectivity index (χ4n) is 3.49. The number of carboxylic acids is 1. The molecule has 1 fully saturated rings. The van der Waals surface area contributed by atoms with Gasteiger partial charge in [0.05, 0.1) is 11.6 Å². The Hall–Kier alpha value is -3.70. The van der Waals surface area contributed by atoms with E-state index >= 15 is 0 Å². The molecule has 0 aromatic heterocycles. The minimum Gasteiger partial charge on any atom is -0.490 e. The number of hydrogen-bond donors (Lipinski definition) is 1. The van der Waals surface area contributed by atoms with Gasteiger partial charge in [0, 0.05) is 31.9 Å².